The second-order valence-corrected chi connectivity index (χ2v) is 7.85. The molecule has 6 unspecified atom stereocenters. The van der Waals surface area contributed by atoms with E-state index in [1.165, 1.54) is 24.8 Å². The number of hydrogen-bond donors (Lipinski definition) is 0. The molecule has 0 radical (unpaired) electrons. The summed E-state index contributed by atoms with van der Waals surface area (Å²) in [5.41, 5.74) is 4.49. The maximum absolute atomic E-state index is 2.51. The summed E-state index contributed by atoms with van der Waals surface area (Å²) in [5.74, 6) is 4.33. The smallest absolute Gasteiger partial charge is 0.00211 e. The van der Waals surface area contributed by atoms with E-state index in [1.807, 2.05) is 0 Å². The zero-order valence-corrected chi connectivity index (χ0v) is 11.4. The highest BCUT2D eigenvalue weighted by molar-refractivity contribution is 5.47. The van der Waals surface area contributed by atoms with Gasteiger partial charge in [0.2, 0.25) is 0 Å². The van der Waals surface area contributed by atoms with Crippen molar-refractivity contribution in [1.82, 2.24) is 0 Å². The minimum atomic E-state index is 0.632. The van der Waals surface area contributed by atoms with Crippen LogP contribution in [0.15, 0.2) is 24.3 Å². The first-order valence-electron chi connectivity index (χ1n) is 7.73. The van der Waals surface area contributed by atoms with Gasteiger partial charge in [0.1, 0.15) is 0 Å². The Morgan fingerprint density at radius 2 is 1.89 bits per heavy atom. The molecule has 4 fully saturated rings. The average molecular weight is 238 g/mol. The Morgan fingerprint density at radius 3 is 2.61 bits per heavy atom. The minimum Gasteiger partial charge on any atom is -0.0622 e. The highest BCUT2D eigenvalue weighted by Gasteiger charge is 2.84. The number of hydrogen-bond acceptors (Lipinski definition) is 0. The molecule has 18 heavy (non-hydrogen) atoms. The molecule has 0 bridgehead atoms. The van der Waals surface area contributed by atoms with Crippen molar-refractivity contribution < 1.29 is 0 Å². The Morgan fingerprint density at radius 1 is 1.11 bits per heavy atom. The van der Waals surface area contributed by atoms with Gasteiger partial charge in [-0.2, -0.15) is 0 Å². The summed E-state index contributed by atoms with van der Waals surface area (Å²) < 4.78 is 0. The van der Waals surface area contributed by atoms with Crippen LogP contribution in [0.3, 0.4) is 0 Å². The predicted octanol–water partition coefficient (Wildman–Crippen LogP) is 4.32. The van der Waals surface area contributed by atoms with Crippen LogP contribution in [-0.4, -0.2) is 0 Å². The molecule has 0 aliphatic heterocycles. The Labute approximate surface area is 110 Å². The Kier molecular flexibility index (Phi) is 1.52. The largest absolute Gasteiger partial charge is 0.0622 e. The second kappa shape index (κ2) is 2.71. The fourth-order valence-corrected chi connectivity index (χ4v) is 6.60. The van der Waals surface area contributed by atoms with Crippen LogP contribution in [0, 0.1) is 36.0 Å². The van der Waals surface area contributed by atoms with Gasteiger partial charge in [-0.05, 0) is 67.3 Å². The molecular weight excluding hydrogens is 216 g/mol. The first kappa shape index (κ1) is 10.1. The van der Waals surface area contributed by atoms with Crippen molar-refractivity contribution >= 4 is 0 Å². The summed E-state index contributed by atoms with van der Waals surface area (Å²) >= 11 is 0. The van der Waals surface area contributed by atoms with Crippen LogP contribution in [-0.2, 0) is 5.41 Å². The molecular formula is C18H22. The molecule has 1 spiro atoms. The first-order chi connectivity index (χ1) is 8.66. The second-order valence-electron chi connectivity index (χ2n) is 7.85. The van der Waals surface area contributed by atoms with E-state index in [2.05, 4.69) is 38.1 Å². The number of aryl methyl sites for hydroxylation is 1. The van der Waals surface area contributed by atoms with E-state index < -0.39 is 0 Å². The normalized spacial score (nSPS) is 54.8. The van der Waals surface area contributed by atoms with Crippen molar-refractivity contribution in [2.24, 2.45) is 29.1 Å². The van der Waals surface area contributed by atoms with Crippen LogP contribution in [0.4, 0.5) is 0 Å². The third-order valence-corrected chi connectivity index (χ3v) is 7.27. The van der Waals surface area contributed by atoms with E-state index in [1.54, 1.807) is 12.0 Å². The van der Waals surface area contributed by atoms with E-state index >= 15 is 0 Å². The van der Waals surface area contributed by atoms with Crippen LogP contribution in [0.1, 0.15) is 43.7 Å². The van der Waals surface area contributed by atoms with Crippen LogP contribution in [0.5, 0.6) is 0 Å². The molecule has 0 saturated heterocycles. The predicted molar refractivity (Wildman–Crippen MR) is 73.4 cm³/mol. The van der Waals surface area contributed by atoms with Crippen molar-refractivity contribution in [2.45, 2.75) is 44.9 Å². The first-order valence-corrected chi connectivity index (χ1v) is 7.73. The lowest BCUT2D eigenvalue weighted by Gasteiger charge is -2.44. The number of benzene rings is 1. The van der Waals surface area contributed by atoms with Gasteiger partial charge in [0.15, 0.2) is 0 Å². The molecule has 1 aromatic carbocycles. The van der Waals surface area contributed by atoms with E-state index in [0.29, 0.717) is 5.41 Å². The van der Waals surface area contributed by atoms with E-state index in [0.717, 1.165) is 29.1 Å². The molecule has 5 rings (SSSR count). The fourth-order valence-electron chi connectivity index (χ4n) is 6.60. The van der Waals surface area contributed by atoms with Crippen LogP contribution >= 0.6 is 0 Å². The molecule has 0 N–H and O–H groups in total. The van der Waals surface area contributed by atoms with Gasteiger partial charge < -0.3 is 0 Å². The lowest BCUT2D eigenvalue weighted by Crippen LogP contribution is -2.39. The highest BCUT2D eigenvalue weighted by atomic mass is 14.9. The van der Waals surface area contributed by atoms with Crippen molar-refractivity contribution in [1.29, 1.82) is 0 Å². The Bertz CT molecular complexity index is 527. The third kappa shape index (κ3) is 0.849. The van der Waals surface area contributed by atoms with E-state index in [4.69, 9.17) is 0 Å². The molecule has 4 aliphatic rings. The summed E-state index contributed by atoms with van der Waals surface area (Å²) in [6.45, 7) is 4.71. The third-order valence-electron chi connectivity index (χ3n) is 7.27. The molecule has 0 heterocycles. The lowest BCUT2D eigenvalue weighted by atomic mass is 9.60. The SMILES string of the molecule is Cc1ccc(C23CC4CC(C)C5CC2(C3)C45)cc1. The maximum Gasteiger partial charge on any atom is 0.00211 e. The molecule has 0 aromatic heterocycles. The van der Waals surface area contributed by atoms with Gasteiger partial charge in [-0.25, -0.2) is 0 Å². The van der Waals surface area contributed by atoms with Crippen LogP contribution in [0.2, 0.25) is 0 Å². The standard InChI is InChI=1S/C18H22/c1-11-3-5-14(6-4-11)17-8-13-7-12(2)15-9-18(17,10-17)16(13)15/h3-6,12-13,15-16H,7-10H2,1-2H3. The van der Waals surface area contributed by atoms with Gasteiger partial charge in [-0.1, -0.05) is 36.8 Å². The Hall–Kier alpha value is -0.780. The fraction of sp³-hybridized carbons (Fsp3) is 0.667. The summed E-state index contributed by atoms with van der Waals surface area (Å²) in [6.07, 6.45) is 6.13. The highest BCUT2D eigenvalue weighted by Crippen LogP contribution is 2.89. The van der Waals surface area contributed by atoms with Crippen molar-refractivity contribution in [3.05, 3.63) is 35.4 Å². The number of rotatable bonds is 1. The van der Waals surface area contributed by atoms with Crippen molar-refractivity contribution in [2.75, 3.05) is 0 Å². The maximum atomic E-state index is 2.51. The topological polar surface area (TPSA) is 0 Å². The molecule has 4 saturated carbocycles. The summed E-state index contributed by atoms with van der Waals surface area (Å²) in [7, 11) is 0. The molecule has 0 nitrogen and oxygen atoms in total. The average Bonchev–Trinajstić information content (AvgIpc) is 2.82. The summed E-state index contributed by atoms with van der Waals surface area (Å²) in [5, 5.41) is 0. The molecule has 0 amide bonds. The zero-order valence-electron chi connectivity index (χ0n) is 11.4. The van der Waals surface area contributed by atoms with Gasteiger partial charge in [0, 0.05) is 5.41 Å². The van der Waals surface area contributed by atoms with Crippen LogP contribution in [0.25, 0.3) is 0 Å². The Balaban J connectivity index is 1.57. The zero-order chi connectivity index (χ0) is 12.1. The monoisotopic (exact) mass is 238 g/mol. The molecule has 1 aromatic rings. The van der Waals surface area contributed by atoms with Crippen molar-refractivity contribution in [3.63, 3.8) is 0 Å². The molecule has 0 heteroatoms. The van der Waals surface area contributed by atoms with Gasteiger partial charge in [-0.3, -0.25) is 0 Å². The van der Waals surface area contributed by atoms with Gasteiger partial charge in [0.05, 0.1) is 0 Å². The summed E-state index contributed by atoms with van der Waals surface area (Å²) in [6, 6.07) is 9.51. The minimum absolute atomic E-state index is 0.632. The van der Waals surface area contributed by atoms with Crippen LogP contribution < -0.4 is 0 Å². The lowest BCUT2D eigenvalue weighted by molar-refractivity contribution is 0.0466. The van der Waals surface area contributed by atoms with E-state index in [-0.39, 0.29) is 0 Å². The summed E-state index contributed by atoms with van der Waals surface area (Å²) in [4.78, 5) is 0. The van der Waals surface area contributed by atoms with E-state index in [9.17, 15) is 0 Å². The molecule has 4 aliphatic carbocycles. The molecule has 94 valence electrons. The van der Waals surface area contributed by atoms with Crippen molar-refractivity contribution in [3.8, 4) is 0 Å². The van der Waals surface area contributed by atoms with Gasteiger partial charge in [0.25, 0.3) is 0 Å². The quantitative estimate of drug-likeness (QED) is 0.683. The van der Waals surface area contributed by atoms with Gasteiger partial charge >= 0.3 is 0 Å². The molecule has 6 atom stereocenters. The van der Waals surface area contributed by atoms with Gasteiger partial charge in [-0.15, -0.1) is 0 Å².